The van der Waals surface area contributed by atoms with Gasteiger partial charge in [-0.3, -0.25) is 0 Å². The van der Waals surface area contributed by atoms with Gasteiger partial charge in [0.05, 0.1) is 0 Å². The average molecular weight is 273 g/mol. The third-order valence-electron chi connectivity index (χ3n) is 2.91. The van der Waals surface area contributed by atoms with Crippen LogP contribution < -0.4 is 0 Å². The molecule has 18 heavy (non-hydrogen) atoms. The van der Waals surface area contributed by atoms with E-state index in [1.165, 1.54) is 6.08 Å². The summed E-state index contributed by atoms with van der Waals surface area (Å²) in [5, 5.41) is 0. The molecule has 0 aromatic heterocycles. The quantitative estimate of drug-likeness (QED) is 0.622. The van der Waals surface area contributed by atoms with Crippen molar-refractivity contribution in [3.63, 3.8) is 0 Å². The van der Waals surface area contributed by atoms with E-state index in [-0.39, 0.29) is 5.56 Å². The summed E-state index contributed by atoms with van der Waals surface area (Å²) in [7, 11) is -3.83. The summed E-state index contributed by atoms with van der Waals surface area (Å²) in [6, 6.07) is 1.42. The van der Waals surface area contributed by atoms with Gasteiger partial charge in [0.2, 0.25) is 6.08 Å². The molecule has 1 saturated carbocycles. The summed E-state index contributed by atoms with van der Waals surface area (Å²) in [6.07, 6.45) is 2.95. The maximum atomic E-state index is 13.8. The SMILES string of the molecule is CS(=O)(=O)c1cc(F)c(C2(N=C=O)CC2)cc1F. The van der Waals surface area contributed by atoms with Gasteiger partial charge in [0.25, 0.3) is 0 Å². The highest BCUT2D eigenvalue weighted by atomic mass is 32.2. The third kappa shape index (κ3) is 2.07. The van der Waals surface area contributed by atoms with Crippen LogP contribution in [0.5, 0.6) is 0 Å². The molecule has 0 amide bonds. The van der Waals surface area contributed by atoms with Gasteiger partial charge in [-0.15, -0.1) is 0 Å². The summed E-state index contributed by atoms with van der Waals surface area (Å²) in [4.78, 5) is 13.0. The predicted octanol–water partition coefficient (Wildman–Crippen LogP) is 1.69. The molecule has 96 valence electrons. The number of carbonyl (C=O) groups excluding carboxylic acids is 1. The number of isocyanates is 1. The summed E-state index contributed by atoms with van der Waals surface area (Å²) < 4.78 is 49.9. The highest BCUT2D eigenvalue weighted by molar-refractivity contribution is 7.90. The Morgan fingerprint density at radius 1 is 1.28 bits per heavy atom. The maximum Gasteiger partial charge on any atom is 0.235 e. The van der Waals surface area contributed by atoms with Crippen molar-refractivity contribution in [1.82, 2.24) is 0 Å². The van der Waals surface area contributed by atoms with E-state index in [0.29, 0.717) is 18.9 Å². The Morgan fingerprint density at radius 2 is 1.89 bits per heavy atom. The molecule has 1 aliphatic carbocycles. The number of hydrogen-bond acceptors (Lipinski definition) is 4. The summed E-state index contributed by atoms with van der Waals surface area (Å²) in [5.41, 5.74) is -1.17. The molecule has 0 radical (unpaired) electrons. The van der Waals surface area contributed by atoms with Crippen molar-refractivity contribution in [3.05, 3.63) is 29.3 Å². The lowest BCUT2D eigenvalue weighted by molar-refractivity contribution is 0.527. The molecule has 2 rings (SSSR count). The van der Waals surface area contributed by atoms with Crippen molar-refractivity contribution in [2.75, 3.05) is 6.26 Å². The molecular weight excluding hydrogens is 264 g/mol. The lowest BCUT2D eigenvalue weighted by Gasteiger charge is -2.11. The first-order chi connectivity index (χ1) is 8.30. The Hall–Kier alpha value is -1.59. The fourth-order valence-electron chi connectivity index (χ4n) is 1.82. The number of hydrogen-bond donors (Lipinski definition) is 0. The minimum Gasteiger partial charge on any atom is -0.224 e. The van der Waals surface area contributed by atoms with Crippen LogP contribution in [0.4, 0.5) is 8.78 Å². The van der Waals surface area contributed by atoms with E-state index in [1.54, 1.807) is 0 Å². The van der Waals surface area contributed by atoms with Gasteiger partial charge < -0.3 is 0 Å². The molecule has 0 N–H and O–H groups in total. The molecule has 0 spiro atoms. The molecule has 0 aliphatic heterocycles. The van der Waals surface area contributed by atoms with Gasteiger partial charge in [0, 0.05) is 11.8 Å². The van der Waals surface area contributed by atoms with E-state index in [2.05, 4.69) is 4.99 Å². The summed E-state index contributed by atoms with van der Waals surface area (Å²) in [5.74, 6) is -1.92. The van der Waals surface area contributed by atoms with E-state index in [1.807, 2.05) is 0 Å². The highest BCUT2D eigenvalue weighted by Crippen LogP contribution is 2.50. The Morgan fingerprint density at radius 3 is 2.33 bits per heavy atom. The van der Waals surface area contributed by atoms with Gasteiger partial charge in [-0.05, 0) is 25.0 Å². The van der Waals surface area contributed by atoms with Crippen molar-refractivity contribution < 1.29 is 22.0 Å². The zero-order valence-electron chi connectivity index (χ0n) is 9.41. The predicted molar refractivity (Wildman–Crippen MR) is 58.5 cm³/mol. The first-order valence-electron chi connectivity index (χ1n) is 5.09. The van der Waals surface area contributed by atoms with Crippen molar-refractivity contribution in [1.29, 1.82) is 0 Å². The number of sulfone groups is 1. The number of aliphatic imine (C=N–C) groups is 1. The van der Waals surface area contributed by atoms with Crippen LogP contribution >= 0.6 is 0 Å². The summed E-state index contributed by atoms with van der Waals surface area (Å²) in [6.45, 7) is 0. The molecule has 0 unspecified atom stereocenters. The minimum absolute atomic E-state index is 0.101. The van der Waals surface area contributed by atoms with Crippen molar-refractivity contribution in [3.8, 4) is 0 Å². The zero-order chi connectivity index (χ0) is 13.6. The number of rotatable bonds is 3. The van der Waals surface area contributed by atoms with Crippen molar-refractivity contribution in [2.45, 2.75) is 23.3 Å². The second-order valence-electron chi connectivity index (χ2n) is 4.27. The van der Waals surface area contributed by atoms with Gasteiger partial charge >= 0.3 is 0 Å². The van der Waals surface area contributed by atoms with Crippen molar-refractivity contribution >= 4 is 15.9 Å². The van der Waals surface area contributed by atoms with E-state index in [4.69, 9.17) is 0 Å². The molecule has 1 fully saturated rings. The van der Waals surface area contributed by atoms with Gasteiger partial charge in [0.15, 0.2) is 9.84 Å². The third-order valence-corrected chi connectivity index (χ3v) is 4.02. The van der Waals surface area contributed by atoms with Crippen LogP contribution in [-0.2, 0) is 20.2 Å². The fraction of sp³-hybridized carbons (Fsp3) is 0.364. The molecule has 0 atom stereocenters. The molecular formula is C11H9F2NO3S. The monoisotopic (exact) mass is 273 g/mol. The molecule has 0 heterocycles. The topological polar surface area (TPSA) is 63.6 Å². The molecule has 1 aliphatic rings. The molecule has 7 heteroatoms. The van der Waals surface area contributed by atoms with Crippen LogP contribution in [0.25, 0.3) is 0 Å². The lowest BCUT2D eigenvalue weighted by Crippen LogP contribution is -2.10. The van der Waals surface area contributed by atoms with Crippen LogP contribution in [0, 0.1) is 11.6 Å². The second-order valence-corrected chi connectivity index (χ2v) is 6.25. The van der Waals surface area contributed by atoms with Crippen LogP contribution in [0.15, 0.2) is 22.0 Å². The van der Waals surface area contributed by atoms with Crippen LogP contribution in [-0.4, -0.2) is 20.8 Å². The molecule has 0 saturated heterocycles. The van der Waals surface area contributed by atoms with Crippen LogP contribution in [0.3, 0.4) is 0 Å². The standard InChI is InChI=1S/C11H9F2NO3S/c1-18(16,17)10-5-8(12)7(4-9(10)13)11(2-3-11)14-6-15/h4-5H,2-3H2,1H3. The fourth-order valence-corrected chi connectivity index (χ4v) is 2.55. The van der Waals surface area contributed by atoms with E-state index < -0.39 is 31.9 Å². The van der Waals surface area contributed by atoms with Crippen molar-refractivity contribution in [2.24, 2.45) is 4.99 Å². The maximum absolute atomic E-state index is 13.8. The molecule has 4 nitrogen and oxygen atoms in total. The van der Waals surface area contributed by atoms with E-state index >= 15 is 0 Å². The zero-order valence-corrected chi connectivity index (χ0v) is 10.2. The molecule has 1 aromatic carbocycles. The smallest absolute Gasteiger partial charge is 0.224 e. The lowest BCUT2D eigenvalue weighted by atomic mass is 10.0. The van der Waals surface area contributed by atoms with E-state index in [0.717, 1.165) is 12.3 Å². The largest absolute Gasteiger partial charge is 0.235 e. The molecule has 1 aromatic rings. The Bertz CT molecular complexity index is 659. The second kappa shape index (κ2) is 3.96. The Kier molecular flexibility index (Phi) is 2.83. The van der Waals surface area contributed by atoms with Gasteiger partial charge in [-0.2, -0.15) is 4.99 Å². The van der Waals surface area contributed by atoms with Crippen LogP contribution in [0.2, 0.25) is 0 Å². The van der Waals surface area contributed by atoms with Gasteiger partial charge in [-0.1, -0.05) is 0 Å². The number of halogens is 2. The highest BCUT2D eigenvalue weighted by Gasteiger charge is 2.47. The average Bonchev–Trinajstić information content (AvgIpc) is 3.01. The summed E-state index contributed by atoms with van der Waals surface area (Å²) >= 11 is 0. The minimum atomic E-state index is -3.83. The van der Waals surface area contributed by atoms with Crippen LogP contribution in [0.1, 0.15) is 18.4 Å². The van der Waals surface area contributed by atoms with E-state index in [9.17, 15) is 22.0 Å². The number of benzene rings is 1. The van der Waals surface area contributed by atoms with Gasteiger partial charge in [-0.25, -0.2) is 22.0 Å². The Labute approximate surface area is 102 Å². The Balaban J connectivity index is 2.61. The first-order valence-corrected chi connectivity index (χ1v) is 6.98. The molecule has 0 bridgehead atoms. The number of nitrogens with zero attached hydrogens (tertiary/aromatic N) is 1. The normalized spacial score (nSPS) is 17.1. The van der Waals surface area contributed by atoms with Gasteiger partial charge in [0.1, 0.15) is 22.1 Å². The first kappa shape index (κ1) is 12.9.